The molecule has 1 amide bonds. The number of unbranched alkanes of at least 4 members (excludes halogenated alkanes) is 1. The van der Waals surface area contributed by atoms with E-state index in [4.69, 9.17) is 32.7 Å². The molecule has 6 nitrogen and oxygen atoms in total. The van der Waals surface area contributed by atoms with Crippen molar-refractivity contribution in [2.75, 3.05) is 6.61 Å². The van der Waals surface area contributed by atoms with Crippen molar-refractivity contribution in [2.45, 2.75) is 19.8 Å². The molecule has 3 rings (SSSR count). The number of hydrogen-bond donors (Lipinski definition) is 1. The van der Waals surface area contributed by atoms with Crippen LogP contribution in [-0.4, -0.2) is 22.9 Å². The van der Waals surface area contributed by atoms with Gasteiger partial charge in [-0.3, -0.25) is 0 Å². The summed E-state index contributed by atoms with van der Waals surface area (Å²) in [4.78, 5) is 16.5. The third-order valence-electron chi connectivity index (χ3n) is 3.90. The average molecular weight is 432 g/mol. The van der Waals surface area contributed by atoms with E-state index in [1.54, 1.807) is 12.1 Å². The Morgan fingerprint density at radius 1 is 1.10 bits per heavy atom. The molecule has 0 aliphatic heterocycles. The Balaban J connectivity index is 1.93. The second-order valence-electron chi connectivity index (χ2n) is 6.09. The van der Waals surface area contributed by atoms with Gasteiger partial charge in [0.15, 0.2) is 0 Å². The van der Waals surface area contributed by atoms with E-state index in [0.717, 1.165) is 18.4 Å². The van der Waals surface area contributed by atoms with Gasteiger partial charge in [0, 0.05) is 17.7 Å². The average Bonchev–Trinajstić information content (AvgIpc) is 2.72. The summed E-state index contributed by atoms with van der Waals surface area (Å²) in [5.41, 5.74) is 1.30. The number of amides is 1. The fourth-order valence-electron chi connectivity index (χ4n) is 2.45. The van der Waals surface area contributed by atoms with Crippen molar-refractivity contribution in [3.63, 3.8) is 0 Å². The smallest absolute Gasteiger partial charge is 0.439 e. The lowest BCUT2D eigenvalue weighted by molar-refractivity contribution is 0.210. The van der Waals surface area contributed by atoms with Crippen LogP contribution in [0.3, 0.4) is 0 Å². The molecule has 0 aliphatic rings. The Hall–Kier alpha value is -2.83. The van der Waals surface area contributed by atoms with Crippen LogP contribution in [0.15, 0.2) is 59.6 Å². The van der Waals surface area contributed by atoms with Crippen LogP contribution in [0.4, 0.5) is 4.79 Å². The number of carbonyl (C=O) groups excluding carboxylic acids is 1. The Morgan fingerprint density at radius 3 is 2.62 bits per heavy atom. The van der Waals surface area contributed by atoms with Crippen LogP contribution in [-0.2, 0) is 0 Å². The van der Waals surface area contributed by atoms with Gasteiger partial charge < -0.3 is 9.47 Å². The highest BCUT2D eigenvalue weighted by atomic mass is 35.5. The lowest BCUT2D eigenvalue weighted by Gasteiger charge is -2.07. The van der Waals surface area contributed by atoms with Crippen molar-refractivity contribution < 1.29 is 14.3 Å². The van der Waals surface area contributed by atoms with E-state index < -0.39 is 6.09 Å². The van der Waals surface area contributed by atoms with Crippen LogP contribution < -0.4 is 14.8 Å². The van der Waals surface area contributed by atoms with Gasteiger partial charge in [-0.2, -0.15) is 10.1 Å². The Bertz CT molecular complexity index is 1050. The van der Waals surface area contributed by atoms with Gasteiger partial charge in [-0.05, 0) is 18.6 Å². The first kappa shape index (κ1) is 20.9. The summed E-state index contributed by atoms with van der Waals surface area (Å²) in [6, 6.07) is 15.5. The minimum absolute atomic E-state index is 0.240. The first-order chi connectivity index (χ1) is 14.1. The van der Waals surface area contributed by atoms with Gasteiger partial charge in [-0.25, -0.2) is 9.89 Å². The predicted molar refractivity (Wildman–Crippen MR) is 112 cm³/mol. The molecule has 0 radical (unpaired) electrons. The number of halogens is 2. The van der Waals surface area contributed by atoms with Crippen molar-refractivity contribution in [3.8, 4) is 22.9 Å². The molecule has 3 aromatic rings. The summed E-state index contributed by atoms with van der Waals surface area (Å²) < 4.78 is 10.9. The lowest BCUT2D eigenvalue weighted by Crippen LogP contribution is -2.16. The van der Waals surface area contributed by atoms with Gasteiger partial charge in [0.25, 0.3) is 0 Å². The van der Waals surface area contributed by atoms with Gasteiger partial charge >= 0.3 is 6.09 Å². The Morgan fingerprint density at radius 2 is 1.90 bits per heavy atom. The standard InChI is InChI=1S/C21H19Cl2N3O3/c1-2-3-11-28-19-13-18(20(26-25-19)14-7-5-4-6-8-14)24-21(27)29-15-9-10-16(22)17(23)12-15/h4-10,12-13H,2-3,11H2,1H3,(H,24,25,27). The number of carbonyl (C=O) groups is 1. The largest absolute Gasteiger partial charge is 0.478 e. The van der Waals surface area contributed by atoms with Gasteiger partial charge in [-0.1, -0.05) is 66.9 Å². The number of rotatable bonds is 6. The predicted octanol–water partition coefficient (Wildman–Crippen LogP) is 5.66. The highest BCUT2D eigenvalue weighted by Gasteiger charge is 2.10. The first-order valence-electron chi connectivity index (χ1n) is 9.06. The van der Waals surface area contributed by atoms with Gasteiger partial charge in [0.1, 0.15) is 16.8 Å². The van der Waals surface area contributed by atoms with Gasteiger partial charge in [0.2, 0.25) is 5.88 Å². The van der Waals surface area contributed by atoms with Crippen LogP contribution in [0, 0.1) is 0 Å². The zero-order valence-electron chi connectivity index (χ0n) is 15.7. The van der Waals surface area contributed by atoms with Crippen molar-refractivity contribution >= 4 is 29.3 Å². The van der Waals surface area contributed by atoms with E-state index in [1.807, 2.05) is 30.3 Å². The number of nitrogens with one attached hydrogen (secondary N) is 1. The summed E-state index contributed by atoms with van der Waals surface area (Å²) in [5, 5.41) is 8.15. The van der Waals surface area contributed by atoms with Crippen LogP contribution in [0.25, 0.3) is 11.3 Å². The minimum Gasteiger partial charge on any atom is -0.478 e. The number of nitrogens with zero attached hydrogens (tertiary/aromatic N) is 2. The molecule has 8 heteroatoms. The van der Waals surface area contributed by atoms with E-state index in [1.165, 1.54) is 12.1 Å². The molecule has 150 valence electrons. The van der Waals surface area contributed by atoms with Crippen LogP contribution in [0.2, 0.25) is 10.0 Å². The Kier molecular flexibility index (Phi) is 7.27. The number of benzene rings is 2. The molecule has 1 aromatic heterocycles. The molecule has 0 saturated carbocycles. The maximum atomic E-state index is 12.4. The van der Waals surface area contributed by atoms with E-state index in [2.05, 4.69) is 22.1 Å². The highest BCUT2D eigenvalue weighted by Crippen LogP contribution is 2.26. The number of H-pyrrole nitrogens is 1. The lowest BCUT2D eigenvalue weighted by atomic mass is 10.1. The molecule has 29 heavy (non-hydrogen) atoms. The molecule has 0 bridgehead atoms. The molecule has 0 atom stereocenters. The fraction of sp³-hybridized carbons (Fsp3) is 0.190. The normalized spacial score (nSPS) is 11.3. The molecule has 0 unspecified atom stereocenters. The van der Waals surface area contributed by atoms with E-state index in [-0.39, 0.29) is 10.8 Å². The van der Waals surface area contributed by atoms with Crippen molar-refractivity contribution in [3.05, 3.63) is 70.0 Å². The molecule has 1 heterocycles. The summed E-state index contributed by atoms with van der Waals surface area (Å²) in [5.74, 6) is 0.656. The number of hydrogen-bond acceptors (Lipinski definition) is 4. The third kappa shape index (κ3) is 5.82. The quantitative estimate of drug-likeness (QED) is 0.510. The monoisotopic (exact) mass is 431 g/mol. The van der Waals surface area contributed by atoms with Crippen molar-refractivity contribution in [1.29, 1.82) is 0 Å². The van der Waals surface area contributed by atoms with E-state index >= 15 is 0 Å². The number of aromatic nitrogens is 2. The van der Waals surface area contributed by atoms with Gasteiger partial charge in [-0.15, -0.1) is 0 Å². The minimum atomic E-state index is -0.812. The van der Waals surface area contributed by atoms with Crippen LogP contribution in [0.5, 0.6) is 11.6 Å². The first-order valence-corrected chi connectivity index (χ1v) is 9.82. The summed E-state index contributed by atoms with van der Waals surface area (Å²) >= 11 is 11.8. The van der Waals surface area contributed by atoms with E-state index in [0.29, 0.717) is 28.6 Å². The Labute approximate surface area is 178 Å². The molecule has 1 N–H and O–H groups in total. The highest BCUT2D eigenvalue weighted by molar-refractivity contribution is 6.42. The van der Waals surface area contributed by atoms with Crippen LogP contribution >= 0.6 is 23.2 Å². The molecular formula is C21H19Cl2N3O3. The summed E-state index contributed by atoms with van der Waals surface area (Å²) in [6.07, 6.45) is 1.09. The van der Waals surface area contributed by atoms with Crippen molar-refractivity contribution in [1.82, 2.24) is 10.2 Å². The molecule has 0 aliphatic carbocycles. The zero-order valence-corrected chi connectivity index (χ0v) is 17.2. The summed E-state index contributed by atoms with van der Waals surface area (Å²) in [6.45, 7) is 2.61. The molecule has 0 saturated heterocycles. The second kappa shape index (κ2) is 10.1. The van der Waals surface area contributed by atoms with Crippen molar-refractivity contribution in [2.24, 2.45) is 4.99 Å². The maximum absolute atomic E-state index is 12.4. The third-order valence-corrected chi connectivity index (χ3v) is 4.64. The summed E-state index contributed by atoms with van der Waals surface area (Å²) in [7, 11) is 0. The molecular weight excluding hydrogens is 413 g/mol. The van der Waals surface area contributed by atoms with Gasteiger partial charge in [0.05, 0.1) is 16.7 Å². The maximum Gasteiger partial charge on any atom is 0.439 e. The molecule has 0 spiro atoms. The van der Waals surface area contributed by atoms with E-state index in [9.17, 15) is 4.79 Å². The molecule has 2 aromatic carbocycles. The SMILES string of the molecule is CCCCOc1cc(=NC(=O)Oc2ccc(Cl)c(Cl)c2)c(-c2ccccc2)n[nH]1. The number of aromatic amines is 1. The van der Waals surface area contributed by atoms with Crippen LogP contribution in [0.1, 0.15) is 19.8 Å². The number of ether oxygens (including phenoxy) is 2. The fourth-order valence-corrected chi connectivity index (χ4v) is 2.74. The topological polar surface area (TPSA) is 76.6 Å². The second-order valence-corrected chi connectivity index (χ2v) is 6.90. The molecule has 0 fully saturated rings. The zero-order chi connectivity index (χ0) is 20.6.